The number of primary amides is 1. The molecule has 3 N–H and O–H groups in total. The third kappa shape index (κ3) is 4.68. The second kappa shape index (κ2) is 8.92. The second-order valence-corrected chi connectivity index (χ2v) is 10.0. The van der Waals surface area contributed by atoms with Crippen LogP contribution in [0.25, 0.3) is 0 Å². The number of hydrogen-bond acceptors (Lipinski definition) is 4. The molecule has 1 saturated carbocycles. The quantitative estimate of drug-likeness (QED) is 0.651. The normalized spacial score (nSPS) is 25.5. The van der Waals surface area contributed by atoms with Crippen molar-refractivity contribution in [2.24, 2.45) is 5.73 Å². The van der Waals surface area contributed by atoms with Crippen LogP contribution in [0, 0.1) is 0 Å². The summed E-state index contributed by atoms with van der Waals surface area (Å²) < 4.78 is 0. The van der Waals surface area contributed by atoms with Crippen molar-refractivity contribution in [3.63, 3.8) is 0 Å². The lowest BCUT2D eigenvalue weighted by Crippen LogP contribution is -2.48. The van der Waals surface area contributed by atoms with E-state index in [4.69, 9.17) is 5.73 Å². The Hall–Kier alpha value is -2.70. The zero-order valence-corrected chi connectivity index (χ0v) is 19.0. The van der Waals surface area contributed by atoms with Crippen LogP contribution in [-0.4, -0.2) is 57.5 Å². The van der Waals surface area contributed by atoms with Crippen molar-refractivity contribution in [2.45, 2.75) is 68.7 Å². The lowest BCUT2D eigenvalue weighted by Gasteiger charge is -2.40. The number of hydrogen-bond donors (Lipinski definition) is 2. The van der Waals surface area contributed by atoms with Crippen LogP contribution in [0.1, 0.15) is 65.9 Å². The molecule has 6 nitrogen and oxygen atoms in total. The summed E-state index contributed by atoms with van der Waals surface area (Å²) in [6.07, 6.45) is 5.61. The monoisotopic (exact) mass is 447 g/mol. The molecule has 2 aliphatic heterocycles. The smallest absolute Gasteiger partial charge is 0.254 e. The van der Waals surface area contributed by atoms with E-state index in [1.165, 1.54) is 18.4 Å². The highest BCUT2D eigenvalue weighted by atomic mass is 16.3. The first-order valence-corrected chi connectivity index (χ1v) is 12.1. The third-order valence-corrected chi connectivity index (χ3v) is 7.78. The number of rotatable bonds is 8. The fourth-order valence-electron chi connectivity index (χ4n) is 5.78. The van der Waals surface area contributed by atoms with Crippen molar-refractivity contribution in [2.75, 3.05) is 13.1 Å². The molecule has 1 aliphatic carbocycles. The fourth-order valence-corrected chi connectivity index (χ4v) is 5.78. The summed E-state index contributed by atoms with van der Waals surface area (Å²) in [5.41, 5.74) is 7.22. The molecule has 5 rings (SSSR count). The van der Waals surface area contributed by atoms with Gasteiger partial charge in [0.05, 0.1) is 0 Å². The van der Waals surface area contributed by atoms with Gasteiger partial charge in [-0.3, -0.25) is 14.5 Å². The fraction of sp³-hybridized carbons (Fsp3) is 0.481. The van der Waals surface area contributed by atoms with Crippen molar-refractivity contribution in [3.8, 4) is 0 Å². The molecule has 0 aromatic heterocycles. The number of piperidine rings is 1. The van der Waals surface area contributed by atoms with E-state index in [0.717, 1.165) is 24.9 Å². The molecule has 2 aromatic rings. The molecule has 6 heteroatoms. The molecule has 2 aromatic carbocycles. The van der Waals surface area contributed by atoms with Crippen molar-refractivity contribution in [1.82, 2.24) is 9.80 Å². The number of amides is 2. The number of nitrogens with two attached hydrogens (primary N) is 1. The summed E-state index contributed by atoms with van der Waals surface area (Å²) >= 11 is 0. The molecule has 0 radical (unpaired) electrons. The Morgan fingerprint density at radius 1 is 1.03 bits per heavy atom. The number of aliphatic hydroxyl groups is 1. The van der Waals surface area contributed by atoms with Gasteiger partial charge in [0.25, 0.3) is 5.91 Å². The SMILES string of the molecule is NC(=O)c1cccc([C@H]2C[C@H]3CC[C@@H](C2)N3CCN(Cc2ccccc2)C(=O)C2(O)CC2)c1. The summed E-state index contributed by atoms with van der Waals surface area (Å²) in [5.74, 6) is -0.0677. The first kappa shape index (κ1) is 22.1. The van der Waals surface area contributed by atoms with Crippen LogP contribution >= 0.6 is 0 Å². The second-order valence-electron chi connectivity index (χ2n) is 10.0. The predicted octanol–water partition coefficient (Wildman–Crippen LogP) is 3.05. The van der Waals surface area contributed by atoms with Gasteiger partial charge < -0.3 is 15.7 Å². The maximum absolute atomic E-state index is 13.0. The number of nitrogens with zero attached hydrogens (tertiary/aromatic N) is 2. The predicted molar refractivity (Wildman–Crippen MR) is 126 cm³/mol. The van der Waals surface area contributed by atoms with E-state index in [-0.39, 0.29) is 11.8 Å². The van der Waals surface area contributed by atoms with Gasteiger partial charge in [0.2, 0.25) is 5.91 Å². The number of carbonyl (C=O) groups excluding carboxylic acids is 2. The molecule has 3 fully saturated rings. The van der Waals surface area contributed by atoms with Crippen LogP contribution in [0.15, 0.2) is 54.6 Å². The van der Waals surface area contributed by atoms with Gasteiger partial charge in [0.1, 0.15) is 5.60 Å². The molecule has 2 bridgehead atoms. The van der Waals surface area contributed by atoms with E-state index >= 15 is 0 Å². The van der Waals surface area contributed by atoms with Crippen molar-refractivity contribution >= 4 is 11.8 Å². The highest BCUT2D eigenvalue weighted by molar-refractivity contribution is 5.92. The van der Waals surface area contributed by atoms with Crippen molar-refractivity contribution in [1.29, 1.82) is 0 Å². The minimum absolute atomic E-state index is 0.128. The summed E-state index contributed by atoms with van der Waals surface area (Å²) in [7, 11) is 0. The van der Waals surface area contributed by atoms with Crippen molar-refractivity contribution < 1.29 is 14.7 Å². The van der Waals surface area contributed by atoms with E-state index in [9.17, 15) is 14.7 Å². The topological polar surface area (TPSA) is 86.9 Å². The van der Waals surface area contributed by atoms with Gasteiger partial charge >= 0.3 is 0 Å². The van der Waals surface area contributed by atoms with Crippen LogP contribution in [0.4, 0.5) is 0 Å². The largest absolute Gasteiger partial charge is 0.380 e. The van der Waals surface area contributed by atoms with Crippen LogP contribution in [0.2, 0.25) is 0 Å². The molecule has 2 heterocycles. The van der Waals surface area contributed by atoms with Gasteiger partial charge in [-0.25, -0.2) is 0 Å². The van der Waals surface area contributed by atoms with Gasteiger partial charge in [-0.15, -0.1) is 0 Å². The Bertz CT molecular complexity index is 1010. The van der Waals surface area contributed by atoms with Crippen LogP contribution in [0.5, 0.6) is 0 Å². The van der Waals surface area contributed by atoms with Gasteiger partial charge in [-0.2, -0.15) is 0 Å². The van der Waals surface area contributed by atoms with Gasteiger partial charge in [-0.1, -0.05) is 42.5 Å². The van der Waals surface area contributed by atoms with Gasteiger partial charge in [-0.05, 0) is 67.7 Å². The zero-order valence-electron chi connectivity index (χ0n) is 19.0. The lowest BCUT2D eigenvalue weighted by atomic mass is 9.84. The average Bonchev–Trinajstić information content (AvgIpc) is 3.54. The number of benzene rings is 2. The maximum Gasteiger partial charge on any atom is 0.254 e. The Balaban J connectivity index is 1.25. The van der Waals surface area contributed by atoms with Crippen molar-refractivity contribution in [3.05, 3.63) is 71.3 Å². The summed E-state index contributed by atoms with van der Waals surface area (Å²) in [6, 6.07) is 18.8. The average molecular weight is 448 g/mol. The first-order valence-electron chi connectivity index (χ1n) is 12.1. The van der Waals surface area contributed by atoms with E-state index in [1.54, 1.807) is 6.07 Å². The first-order chi connectivity index (χ1) is 15.9. The minimum atomic E-state index is -1.15. The Morgan fingerprint density at radius 2 is 1.73 bits per heavy atom. The Morgan fingerprint density at radius 3 is 2.36 bits per heavy atom. The standard InChI is InChI=1S/C27H33N3O3/c28-25(31)21-8-4-7-20(15-21)22-16-23-9-10-24(17-22)30(23)14-13-29(26(32)27(33)11-12-27)18-19-5-2-1-3-6-19/h1-8,15,22-24,33H,9-14,16-18H2,(H2,28,31)/t22-,23+,24-. The summed E-state index contributed by atoms with van der Waals surface area (Å²) in [5, 5.41) is 10.5. The van der Waals surface area contributed by atoms with Crippen LogP contribution < -0.4 is 5.73 Å². The Kier molecular flexibility index (Phi) is 5.97. The van der Waals surface area contributed by atoms with Crippen LogP contribution in [0.3, 0.4) is 0 Å². The summed E-state index contributed by atoms with van der Waals surface area (Å²) in [4.78, 5) is 29.1. The molecular formula is C27H33N3O3. The molecule has 33 heavy (non-hydrogen) atoms. The molecule has 0 spiro atoms. The molecule has 3 atom stereocenters. The van der Waals surface area contributed by atoms with E-state index in [1.807, 2.05) is 47.4 Å². The van der Waals surface area contributed by atoms with E-state index in [0.29, 0.717) is 49.5 Å². The van der Waals surface area contributed by atoms with Crippen LogP contribution in [-0.2, 0) is 11.3 Å². The Labute approximate surface area is 195 Å². The molecule has 0 unspecified atom stereocenters. The number of fused-ring (bicyclic) bond motifs is 2. The molecule has 2 saturated heterocycles. The van der Waals surface area contributed by atoms with Gasteiger partial charge in [0.15, 0.2) is 0 Å². The molecule has 3 aliphatic rings. The third-order valence-electron chi connectivity index (χ3n) is 7.78. The molecule has 2 amide bonds. The number of carbonyl (C=O) groups is 2. The highest BCUT2D eigenvalue weighted by Gasteiger charge is 2.50. The van der Waals surface area contributed by atoms with E-state index < -0.39 is 5.60 Å². The molecule has 174 valence electrons. The summed E-state index contributed by atoms with van der Waals surface area (Å²) in [6.45, 7) is 2.00. The maximum atomic E-state index is 13.0. The van der Waals surface area contributed by atoms with E-state index in [2.05, 4.69) is 11.0 Å². The lowest BCUT2D eigenvalue weighted by molar-refractivity contribution is -0.143. The zero-order chi connectivity index (χ0) is 23.0. The van der Waals surface area contributed by atoms with Gasteiger partial charge in [0, 0.05) is 37.3 Å². The minimum Gasteiger partial charge on any atom is -0.380 e. The molecular weight excluding hydrogens is 414 g/mol. The highest BCUT2D eigenvalue weighted by Crippen LogP contribution is 2.43.